The van der Waals surface area contributed by atoms with Crippen molar-refractivity contribution in [2.45, 2.75) is 58.7 Å². The summed E-state index contributed by atoms with van der Waals surface area (Å²) in [7, 11) is -2.27. The van der Waals surface area contributed by atoms with Gasteiger partial charge in [0.25, 0.3) is 0 Å². The summed E-state index contributed by atoms with van der Waals surface area (Å²) in [6, 6.07) is 18.5. The molecule has 0 bridgehead atoms. The molecule has 1 N–H and O–H groups in total. The van der Waals surface area contributed by atoms with Crippen molar-refractivity contribution in [2.75, 3.05) is 7.11 Å². The summed E-state index contributed by atoms with van der Waals surface area (Å²) in [5, 5.41) is 3.21. The van der Waals surface area contributed by atoms with Gasteiger partial charge < -0.3 is 13.8 Å². The van der Waals surface area contributed by atoms with Crippen molar-refractivity contribution < 1.29 is 23.1 Å². The van der Waals surface area contributed by atoms with Crippen LogP contribution in [0, 0.1) is 5.92 Å². The minimum absolute atomic E-state index is 0.151. The fourth-order valence-corrected chi connectivity index (χ4v) is 5.11. The number of ether oxygens (including phenoxy) is 1. The van der Waals surface area contributed by atoms with Gasteiger partial charge in [0.2, 0.25) is 0 Å². The van der Waals surface area contributed by atoms with E-state index in [0.717, 1.165) is 11.1 Å². The van der Waals surface area contributed by atoms with Crippen molar-refractivity contribution in [3.63, 3.8) is 0 Å². The van der Waals surface area contributed by atoms with E-state index >= 15 is 0 Å². The second-order valence-corrected chi connectivity index (χ2v) is 10.1. The molecule has 0 radical (unpaired) electrons. The molecule has 0 aliphatic heterocycles. The Bertz CT molecular complexity index is 781. The molecule has 0 heterocycles. The highest BCUT2D eigenvalue weighted by Crippen LogP contribution is 2.54. The van der Waals surface area contributed by atoms with Gasteiger partial charge in [-0.25, -0.2) is 0 Å². The molecule has 2 rings (SSSR count). The summed E-state index contributed by atoms with van der Waals surface area (Å²) in [5.74, 6) is -0.781. The van der Waals surface area contributed by atoms with Crippen LogP contribution in [0.2, 0.25) is 0 Å². The number of esters is 1. The molecule has 0 aromatic heterocycles. The molecular formula is C24H34NO5P. The lowest BCUT2D eigenvalue weighted by Crippen LogP contribution is -2.44. The average Bonchev–Trinajstić information content (AvgIpc) is 2.79. The van der Waals surface area contributed by atoms with E-state index in [9.17, 15) is 9.36 Å². The molecule has 0 saturated heterocycles. The maximum atomic E-state index is 14.0. The first-order valence-electron chi connectivity index (χ1n) is 10.7. The minimum Gasteiger partial charge on any atom is -0.468 e. The van der Waals surface area contributed by atoms with Gasteiger partial charge in [0.05, 0.1) is 20.3 Å². The third kappa shape index (κ3) is 8.23. The SMILES string of the molecule is CC[C@H](N[C@H](CC(C)C)C(=O)OC)P(=O)(OCc1ccccc1)OCc1ccccc1. The van der Waals surface area contributed by atoms with Crippen LogP contribution in [0.3, 0.4) is 0 Å². The van der Waals surface area contributed by atoms with Crippen molar-refractivity contribution in [3.8, 4) is 0 Å². The van der Waals surface area contributed by atoms with Crippen LogP contribution in [0.4, 0.5) is 0 Å². The first-order valence-corrected chi connectivity index (χ1v) is 12.3. The van der Waals surface area contributed by atoms with Gasteiger partial charge in [-0.2, -0.15) is 0 Å². The summed E-state index contributed by atoms with van der Waals surface area (Å²) in [5.41, 5.74) is 1.79. The molecule has 2 atom stereocenters. The molecule has 0 saturated carbocycles. The van der Waals surface area contributed by atoms with Gasteiger partial charge in [-0.05, 0) is 29.9 Å². The Hall–Kier alpha value is -1.98. The van der Waals surface area contributed by atoms with Gasteiger partial charge in [0.15, 0.2) is 0 Å². The first-order chi connectivity index (χ1) is 14.9. The zero-order valence-corrected chi connectivity index (χ0v) is 19.7. The van der Waals surface area contributed by atoms with E-state index in [0.29, 0.717) is 12.8 Å². The van der Waals surface area contributed by atoms with Gasteiger partial charge in [0.1, 0.15) is 11.8 Å². The van der Waals surface area contributed by atoms with Crippen LogP contribution in [-0.4, -0.2) is 24.9 Å². The highest BCUT2D eigenvalue weighted by atomic mass is 31.2. The van der Waals surface area contributed by atoms with Gasteiger partial charge in [-0.1, -0.05) is 81.4 Å². The number of hydrogen-bond acceptors (Lipinski definition) is 6. The van der Waals surface area contributed by atoms with Crippen LogP contribution in [0.25, 0.3) is 0 Å². The number of carbonyl (C=O) groups is 1. The number of benzene rings is 2. The van der Waals surface area contributed by atoms with E-state index in [1.807, 2.05) is 81.4 Å². The third-order valence-corrected chi connectivity index (χ3v) is 7.12. The molecule has 0 spiro atoms. The van der Waals surface area contributed by atoms with Crippen LogP contribution in [0.1, 0.15) is 44.7 Å². The van der Waals surface area contributed by atoms with Crippen molar-refractivity contribution in [1.82, 2.24) is 5.32 Å². The minimum atomic E-state index is -3.63. The molecule has 6 nitrogen and oxygen atoms in total. The summed E-state index contributed by atoms with van der Waals surface area (Å²) in [6.45, 7) is 6.24. The molecular weight excluding hydrogens is 413 g/mol. The van der Waals surface area contributed by atoms with E-state index < -0.39 is 19.4 Å². The lowest BCUT2D eigenvalue weighted by atomic mass is 10.0. The Morgan fingerprint density at radius 1 is 0.935 bits per heavy atom. The van der Waals surface area contributed by atoms with Crippen molar-refractivity contribution in [1.29, 1.82) is 0 Å². The Morgan fingerprint density at radius 2 is 1.42 bits per heavy atom. The largest absolute Gasteiger partial charge is 0.468 e. The quantitative estimate of drug-likeness (QED) is 0.322. The van der Waals surface area contributed by atoms with Crippen LogP contribution < -0.4 is 5.32 Å². The molecule has 2 aromatic carbocycles. The normalized spacial score (nSPS) is 13.7. The van der Waals surface area contributed by atoms with Crippen molar-refractivity contribution in [3.05, 3.63) is 71.8 Å². The predicted octanol–water partition coefficient (Wildman–Crippen LogP) is 5.53. The van der Waals surface area contributed by atoms with Crippen LogP contribution in [0.15, 0.2) is 60.7 Å². The van der Waals surface area contributed by atoms with Crippen LogP contribution >= 0.6 is 7.60 Å². The number of carbonyl (C=O) groups excluding carboxylic acids is 1. The highest BCUT2D eigenvalue weighted by Gasteiger charge is 2.38. The second kappa shape index (κ2) is 12.8. The number of nitrogens with one attached hydrogen (secondary N) is 1. The Morgan fingerprint density at radius 3 is 1.81 bits per heavy atom. The predicted molar refractivity (Wildman–Crippen MR) is 123 cm³/mol. The van der Waals surface area contributed by atoms with Gasteiger partial charge >= 0.3 is 13.6 Å². The Labute approximate surface area is 185 Å². The first kappa shape index (κ1) is 25.3. The molecule has 170 valence electrons. The smallest absolute Gasteiger partial charge is 0.348 e. The topological polar surface area (TPSA) is 73.9 Å². The highest BCUT2D eigenvalue weighted by molar-refractivity contribution is 7.54. The van der Waals surface area contributed by atoms with Gasteiger partial charge in [-0.3, -0.25) is 14.7 Å². The molecule has 0 aliphatic carbocycles. The molecule has 0 fully saturated rings. The lowest BCUT2D eigenvalue weighted by molar-refractivity contribution is -0.143. The van der Waals surface area contributed by atoms with Crippen LogP contribution in [-0.2, 0) is 36.4 Å². The summed E-state index contributed by atoms with van der Waals surface area (Å²) in [4.78, 5) is 12.3. The third-order valence-electron chi connectivity index (χ3n) is 4.86. The fourth-order valence-electron chi connectivity index (χ4n) is 3.21. The fraction of sp³-hybridized carbons (Fsp3) is 0.458. The van der Waals surface area contributed by atoms with E-state index in [1.54, 1.807) is 0 Å². The van der Waals surface area contributed by atoms with E-state index in [4.69, 9.17) is 13.8 Å². The number of methoxy groups -OCH3 is 1. The molecule has 7 heteroatoms. The van der Waals surface area contributed by atoms with Crippen LogP contribution in [0.5, 0.6) is 0 Å². The summed E-state index contributed by atoms with van der Waals surface area (Å²) < 4.78 is 30.8. The zero-order valence-electron chi connectivity index (χ0n) is 18.8. The summed E-state index contributed by atoms with van der Waals surface area (Å²) >= 11 is 0. The molecule has 0 aliphatic rings. The van der Waals surface area contributed by atoms with Crippen molar-refractivity contribution in [2.24, 2.45) is 5.92 Å². The van der Waals surface area contributed by atoms with Gasteiger partial charge in [0, 0.05) is 0 Å². The summed E-state index contributed by atoms with van der Waals surface area (Å²) in [6.07, 6.45) is 1.02. The van der Waals surface area contributed by atoms with Crippen molar-refractivity contribution >= 4 is 13.6 Å². The van der Waals surface area contributed by atoms with E-state index in [-0.39, 0.29) is 25.1 Å². The van der Waals surface area contributed by atoms with Gasteiger partial charge in [-0.15, -0.1) is 0 Å². The Kier molecular flexibility index (Phi) is 10.4. The number of hydrogen-bond donors (Lipinski definition) is 1. The van der Waals surface area contributed by atoms with E-state index in [2.05, 4.69) is 5.32 Å². The molecule has 31 heavy (non-hydrogen) atoms. The molecule has 0 amide bonds. The molecule has 0 unspecified atom stereocenters. The monoisotopic (exact) mass is 447 g/mol. The second-order valence-electron chi connectivity index (χ2n) is 7.85. The maximum absolute atomic E-state index is 14.0. The average molecular weight is 448 g/mol. The number of rotatable bonds is 13. The standard InChI is InChI=1S/C24H34NO5P/c1-5-23(25-22(16-19(2)3)24(26)28-4)31(27,29-17-20-12-8-6-9-13-20)30-18-21-14-10-7-11-15-21/h6-15,19,22-23,25H,5,16-18H2,1-4H3/t22-,23-/m1/s1. The molecule has 2 aromatic rings. The maximum Gasteiger partial charge on any atom is 0.348 e. The lowest BCUT2D eigenvalue weighted by Gasteiger charge is -2.30. The van der Waals surface area contributed by atoms with E-state index in [1.165, 1.54) is 7.11 Å². The Balaban J connectivity index is 2.23. The zero-order chi connectivity index (χ0) is 22.7.